The summed E-state index contributed by atoms with van der Waals surface area (Å²) in [7, 11) is 0. The number of aliphatic carboxylic acids is 1. The van der Waals surface area contributed by atoms with E-state index in [4.69, 9.17) is 9.72 Å². The highest BCUT2D eigenvalue weighted by molar-refractivity contribution is 7.59. The first-order chi connectivity index (χ1) is 16.6. The summed E-state index contributed by atoms with van der Waals surface area (Å²) in [4.78, 5) is 28.8. The van der Waals surface area contributed by atoms with Crippen LogP contribution >= 0.6 is 13.5 Å². The first-order valence-corrected chi connectivity index (χ1v) is 11.9. The topological polar surface area (TPSA) is 88.5 Å². The number of aryl methyl sites for hydroxylation is 3. The Morgan fingerprint density at radius 1 is 0.971 bits per heavy atom. The van der Waals surface area contributed by atoms with Crippen LogP contribution in [0.15, 0.2) is 66.7 Å². The van der Waals surface area contributed by atoms with Gasteiger partial charge in [0, 0.05) is 23.4 Å². The molecule has 0 aliphatic heterocycles. The number of carbonyl (C=O) groups is 2. The quantitative estimate of drug-likeness (QED) is 0.407. The Labute approximate surface area is 213 Å². The van der Waals surface area contributed by atoms with E-state index in [9.17, 15) is 14.7 Å². The zero-order chi connectivity index (χ0) is 23.8. The maximum Gasteiger partial charge on any atom is 0.326 e. The second-order valence-corrected chi connectivity index (χ2v) is 8.65. The molecule has 3 aromatic rings. The number of carboxylic acid groups (broad SMARTS) is 1. The lowest BCUT2D eigenvalue weighted by molar-refractivity contribution is -0.139. The molecule has 0 saturated carbocycles. The van der Waals surface area contributed by atoms with Crippen LogP contribution in [-0.4, -0.2) is 34.6 Å². The van der Waals surface area contributed by atoms with Gasteiger partial charge in [-0.1, -0.05) is 36.4 Å². The van der Waals surface area contributed by atoms with Gasteiger partial charge in [0.05, 0.1) is 6.61 Å². The number of nitrogens with one attached hydrogen (secondary N) is 1. The molecule has 0 radical (unpaired) electrons. The van der Waals surface area contributed by atoms with Crippen LogP contribution in [0, 0.1) is 0 Å². The molecule has 0 spiro atoms. The Hall–Kier alpha value is -3.32. The second-order valence-electron chi connectivity index (χ2n) is 8.65. The van der Waals surface area contributed by atoms with Crippen molar-refractivity contribution < 1.29 is 19.4 Å². The molecule has 2 N–H and O–H groups in total. The number of amides is 1. The monoisotopic (exact) mass is 492 g/mol. The highest BCUT2D eigenvalue weighted by Crippen LogP contribution is 2.20. The molecule has 35 heavy (non-hydrogen) atoms. The Morgan fingerprint density at radius 2 is 1.71 bits per heavy atom. The highest BCUT2D eigenvalue weighted by atomic mass is 32.1. The van der Waals surface area contributed by atoms with Gasteiger partial charge in [-0.15, -0.1) is 0 Å². The Kier molecular flexibility index (Phi) is 9.73. The summed E-state index contributed by atoms with van der Waals surface area (Å²) in [5, 5.41) is 12.1. The summed E-state index contributed by atoms with van der Waals surface area (Å²) in [5.41, 5.74) is 5.03. The summed E-state index contributed by atoms with van der Waals surface area (Å²) in [6, 6.07) is 19.3. The van der Waals surface area contributed by atoms with Gasteiger partial charge in [0.1, 0.15) is 11.8 Å². The molecule has 1 atom stereocenters. The average Bonchev–Trinajstić information content (AvgIpc) is 2.87. The lowest BCUT2D eigenvalue weighted by Gasteiger charge is -2.16. The molecule has 7 heteroatoms. The van der Waals surface area contributed by atoms with E-state index in [1.807, 2.05) is 24.3 Å². The van der Waals surface area contributed by atoms with Crippen molar-refractivity contribution >= 4 is 25.4 Å². The van der Waals surface area contributed by atoms with Crippen LogP contribution in [0.5, 0.6) is 5.75 Å². The number of aromatic nitrogens is 1. The summed E-state index contributed by atoms with van der Waals surface area (Å²) >= 11 is 0. The van der Waals surface area contributed by atoms with E-state index < -0.39 is 17.9 Å². The van der Waals surface area contributed by atoms with E-state index in [1.165, 1.54) is 24.1 Å². The molecular formula is C28H32N2O4S. The number of hydrogen-bond acceptors (Lipinski definition) is 4. The third-order valence-electron chi connectivity index (χ3n) is 6.08. The molecule has 1 amide bonds. The fourth-order valence-electron chi connectivity index (χ4n) is 4.20. The molecule has 1 heterocycles. The third-order valence-corrected chi connectivity index (χ3v) is 6.08. The number of carboxylic acids is 1. The number of fused-ring (bicyclic) bond motifs is 1. The standard InChI is InChI=1S/C28H30N2O4.H2S/c31-27(22-8-2-1-3-9-22)30-26(28(32)33)19-20-12-16-24(17-13-20)34-18-6-10-23-15-14-21-7-4-5-11-25(21)29-23;/h1-3,8-9,12-17,26H,4-7,10-11,18-19H2,(H,30,31)(H,32,33);1H2/t26-;/m0./s1. The predicted molar refractivity (Wildman–Crippen MR) is 141 cm³/mol. The second kappa shape index (κ2) is 13.0. The van der Waals surface area contributed by atoms with Gasteiger partial charge in [0.2, 0.25) is 0 Å². The summed E-state index contributed by atoms with van der Waals surface area (Å²) in [6.45, 7) is 0.586. The molecule has 1 aromatic heterocycles. The summed E-state index contributed by atoms with van der Waals surface area (Å²) in [5.74, 6) is -0.732. The fraction of sp³-hybridized carbons (Fsp3) is 0.321. The Bertz CT molecular complexity index is 1120. The van der Waals surface area contributed by atoms with Gasteiger partial charge in [-0.3, -0.25) is 9.78 Å². The van der Waals surface area contributed by atoms with Crippen molar-refractivity contribution in [2.24, 2.45) is 0 Å². The maximum absolute atomic E-state index is 12.3. The van der Waals surface area contributed by atoms with Crippen molar-refractivity contribution in [3.05, 3.63) is 94.8 Å². The SMILES string of the molecule is O=C(N[C@@H](Cc1ccc(OCCCc2ccc3c(n2)CCCC3)cc1)C(=O)O)c1ccccc1.S. The number of carbonyl (C=O) groups excluding carboxylic acids is 1. The minimum Gasteiger partial charge on any atom is -0.494 e. The Morgan fingerprint density at radius 3 is 2.46 bits per heavy atom. The molecule has 0 fully saturated rings. The summed E-state index contributed by atoms with van der Waals surface area (Å²) in [6.07, 6.45) is 6.68. The van der Waals surface area contributed by atoms with Crippen LogP contribution in [0.25, 0.3) is 0 Å². The zero-order valence-electron chi connectivity index (χ0n) is 19.7. The number of benzene rings is 2. The molecule has 0 bridgehead atoms. The highest BCUT2D eigenvalue weighted by Gasteiger charge is 2.21. The number of hydrogen-bond donors (Lipinski definition) is 2. The van der Waals surface area contributed by atoms with E-state index in [0.29, 0.717) is 12.2 Å². The largest absolute Gasteiger partial charge is 0.494 e. The van der Waals surface area contributed by atoms with Crippen molar-refractivity contribution in [1.29, 1.82) is 0 Å². The fourth-order valence-corrected chi connectivity index (χ4v) is 4.20. The number of rotatable bonds is 10. The normalized spacial score (nSPS) is 13.1. The van der Waals surface area contributed by atoms with Gasteiger partial charge in [-0.05, 0) is 80.0 Å². The van der Waals surface area contributed by atoms with E-state index in [2.05, 4.69) is 17.4 Å². The molecule has 1 aliphatic rings. The number of nitrogens with zero attached hydrogens (tertiary/aromatic N) is 1. The Balaban J connectivity index is 0.00000342. The van der Waals surface area contributed by atoms with Crippen LogP contribution in [-0.2, 0) is 30.5 Å². The van der Waals surface area contributed by atoms with Crippen molar-refractivity contribution in [3.8, 4) is 5.75 Å². The maximum atomic E-state index is 12.3. The molecule has 2 aromatic carbocycles. The lowest BCUT2D eigenvalue weighted by Crippen LogP contribution is -2.42. The van der Waals surface area contributed by atoms with Crippen LogP contribution in [0.2, 0.25) is 0 Å². The van der Waals surface area contributed by atoms with Gasteiger partial charge in [0.25, 0.3) is 5.91 Å². The molecular weight excluding hydrogens is 460 g/mol. The van der Waals surface area contributed by atoms with Crippen molar-refractivity contribution in [1.82, 2.24) is 10.3 Å². The van der Waals surface area contributed by atoms with Crippen LogP contribution in [0.4, 0.5) is 0 Å². The molecule has 0 saturated heterocycles. The lowest BCUT2D eigenvalue weighted by atomic mass is 9.95. The third kappa shape index (κ3) is 7.59. The van der Waals surface area contributed by atoms with Crippen molar-refractivity contribution in [2.75, 3.05) is 6.61 Å². The van der Waals surface area contributed by atoms with E-state index in [1.54, 1.807) is 30.3 Å². The number of ether oxygens (including phenoxy) is 1. The number of pyridine rings is 1. The van der Waals surface area contributed by atoms with Gasteiger partial charge >= 0.3 is 5.97 Å². The molecule has 6 nitrogen and oxygen atoms in total. The van der Waals surface area contributed by atoms with Crippen molar-refractivity contribution in [2.45, 2.75) is 51.0 Å². The smallest absolute Gasteiger partial charge is 0.326 e. The molecule has 1 aliphatic carbocycles. The van der Waals surface area contributed by atoms with E-state index >= 15 is 0 Å². The van der Waals surface area contributed by atoms with Crippen LogP contribution < -0.4 is 10.1 Å². The van der Waals surface area contributed by atoms with Gasteiger partial charge in [0.15, 0.2) is 0 Å². The molecule has 4 rings (SSSR count). The summed E-state index contributed by atoms with van der Waals surface area (Å²) < 4.78 is 5.86. The van der Waals surface area contributed by atoms with E-state index in [0.717, 1.165) is 42.7 Å². The minimum atomic E-state index is -1.07. The molecule has 0 unspecified atom stereocenters. The first-order valence-electron chi connectivity index (χ1n) is 11.9. The van der Waals surface area contributed by atoms with Crippen LogP contribution in [0.1, 0.15) is 52.1 Å². The van der Waals surface area contributed by atoms with Gasteiger partial charge in [-0.25, -0.2) is 4.79 Å². The average molecular weight is 493 g/mol. The van der Waals surface area contributed by atoms with Gasteiger partial charge < -0.3 is 15.2 Å². The molecule has 184 valence electrons. The van der Waals surface area contributed by atoms with Gasteiger partial charge in [-0.2, -0.15) is 13.5 Å². The van der Waals surface area contributed by atoms with E-state index in [-0.39, 0.29) is 19.9 Å². The van der Waals surface area contributed by atoms with Crippen LogP contribution in [0.3, 0.4) is 0 Å². The first kappa shape index (κ1) is 26.3. The minimum absolute atomic E-state index is 0. The zero-order valence-corrected chi connectivity index (χ0v) is 20.7. The predicted octanol–water partition coefficient (Wildman–Crippen LogP) is 4.51. The van der Waals surface area contributed by atoms with Crippen molar-refractivity contribution in [3.63, 3.8) is 0 Å².